The molecule has 1 aromatic rings. The number of nitrogens with zero attached hydrogens (tertiary/aromatic N) is 2. The van der Waals surface area contributed by atoms with Crippen LogP contribution >= 0.6 is 23.3 Å². The zero-order valence-corrected chi connectivity index (χ0v) is 12.0. The number of nitrogens with two attached hydrogens (primary N) is 1. The second-order valence-electron chi connectivity index (χ2n) is 4.01. The normalized spacial score (nSPS) is 14.5. The molecule has 0 radical (unpaired) electrons. The highest BCUT2D eigenvalue weighted by Crippen LogP contribution is 2.22. The summed E-state index contributed by atoms with van der Waals surface area (Å²) in [5, 5.41) is 2.97. The third-order valence-electron chi connectivity index (χ3n) is 2.65. The summed E-state index contributed by atoms with van der Waals surface area (Å²) in [4.78, 5) is 15.5. The Balaban J connectivity index is 2.30. The molecule has 0 bridgehead atoms. The SMILES string of the molecule is CNC(C)(CCCSc1nc(C)ns1)C(N)=O. The molecule has 96 valence electrons. The maximum Gasteiger partial charge on any atom is 0.237 e. The van der Waals surface area contributed by atoms with Crippen LogP contribution in [0.4, 0.5) is 0 Å². The fraction of sp³-hybridized carbons (Fsp3) is 0.700. The molecule has 0 fully saturated rings. The Labute approximate surface area is 110 Å². The van der Waals surface area contributed by atoms with E-state index >= 15 is 0 Å². The lowest BCUT2D eigenvalue weighted by molar-refractivity contribution is -0.123. The topological polar surface area (TPSA) is 80.9 Å². The number of amides is 1. The summed E-state index contributed by atoms with van der Waals surface area (Å²) >= 11 is 3.08. The number of hydrogen-bond acceptors (Lipinski definition) is 6. The van der Waals surface area contributed by atoms with Gasteiger partial charge in [0.2, 0.25) is 5.91 Å². The van der Waals surface area contributed by atoms with Crippen LogP contribution in [0.1, 0.15) is 25.6 Å². The number of carbonyl (C=O) groups excluding carboxylic acids is 1. The highest BCUT2D eigenvalue weighted by molar-refractivity contribution is 8.00. The van der Waals surface area contributed by atoms with Crippen LogP contribution in [0.5, 0.6) is 0 Å². The van der Waals surface area contributed by atoms with Crippen molar-refractivity contribution in [3.63, 3.8) is 0 Å². The molecule has 1 heterocycles. The van der Waals surface area contributed by atoms with Crippen LogP contribution in [0.15, 0.2) is 4.34 Å². The number of aryl methyl sites for hydroxylation is 1. The molecule has 3 N–H and O–H groups in total. The number of thioether (sulfide) groups is 1. The van der Waals surface area contributed by atoms with Crippen LogP contribution < -0.4 is 11.1 Å². The van der Waals surface area contributed by atoms with Crippen LogP contribution in [-0.2, 0) is 4.79 Å². The van der Waals surface area contributed by atoms with E-state index in [2.05, 4.69) is 14.7 Å². The smallest absolute Gasteiger partial charge is 0.237 e. The second-order valence-corrected chi connectivity index (χ2v) is 6.10. The molecule has 1 amide bonds. The first-order valence-electron chi connectivity index (χ1n) is 5.40. The predicted molar refractivity (Wildman–Crippen MR) is 71.3 cm³/mol. The summed E-state index contributed by atoms with van der Waals surface area (Å²) in [5.41, 5.74) is 4.74. The maximum absolute atomic E-state index is 11.3. The van der Waals surface area contributed by atoms with E-state index in [1.807, 2.05) is 13.8 Å². The van der Waals surface area contributed by atoms with Gasteiger partial charge in [0.1, 0.15) is 5.82 Å². The Morgan fingerprint density at radius 3 is 2.82 bits per heavy atom. The van der Waals surface area contributed by atoms with Gasteiger partial charge in [-0.2, -0.15) is 4.37 Å². The zero-order valence-electron chi connectivity index (χ0n) is 10.3. The van der Waals surface area contributed by atoms with Gasteiger partial charge in [-0.15, -0.1) is 0 Å². The molecule has 0 saturated heterocycles. The number of carbonyl (C=O) groups is 1. The van der Waals surface area contributed by atoms with Gasteiger partial charge in [0, 0.05) is 5.75 Å². The first-order valence-corrected chi connectivity index (χ1v) is 7.16. The molecule has 1 aromatic heterocycles. The number of aromatic nitrogens is 2. The molecule has 1 atom stereocenters. The first-order chi connectivity index (χ1) is 7.98. The van der Waals surface area contributed by atoms with Crippen molar-refractivity contribution in [3.8, 4) is 0 Å². The third kappa shape index (κ3) is 4.25. The van der Waals surface area contributed by atoms with E-state index in [1.165, 1.54) is 11.5 Å². The van der Waals surface area contributed by atoms with Crippen molar-refractivity contribution in [1.82, 2.24) is 14.7 Å². The monoisotopic (exact) mass is 274 g/mol. The van der Waals surface area contributed by atoms with Crippen molar-refractivity contribution in [2.45, 2.75) is 36.6 Å². The minimum atomic E-state index is -0.613. The van der Waals surface area contributed by atoms with Crippen molar-refractivity contribution in [2.75, 3.05) is 12.8 Å². The highest BCUT2D eigenvalue weighted by Gasteiger charge is 2.27. The Morgan fingerprint density at radius 2 is 2.35 bits per heavy atom. The molecule has 0 aliphatic rings. The zero-order chi connectivity index (χ0) is 12.9. The molecule has 1 unspecified atom stereocenters. The molecule has 5 nitrogen and oxygen atoms in total. The van der Waals surface area contributed by atoms with Crippen LogP contribution in [-0.4, -0.2) is 33.6 Å². The number of likely N-dealkylation sites (N-methyl/N-ethyl adjacent to an activating group) is 1. The molecule has 0 spiro atoms. The van der Waals surface area contributed by atoms with Gasteiger partial charge in [-0.3, -0.25) is 4.79 Å². The minimum absolute atomic E-state index is 0.309. The van der Waals surface area contributed by atoms with Gasteiger partial charge in [0.15, 0.2) is 4.34 Å². The molecule has 0 aliphatic carbocycles. The van der Waals surface area contributed by atoms with Gasteiger partial charge in [-0.25, -0.2) is 4.98 Å². The fourth-order valence-corrected chi connectivity index (χ4v) is 2.95. The number of rotatable bonds is 7. The van der Waals surface area contributed by atoms with Crippen LogP contribution in [0.2, 0.25) is 0 Å². The van der Waals surface area contributed by atoms with E-state index in [9.17, 15) is 4.79 Å². The van der Waals surface area contributed by atoms with E-state index in [1.54, 1.807) is 18.8 Å². The van der Waals surface area contributed by atoms with Crippen LogP contribution in [0.25, 0.3) is 0 Å². The molecule has 1 rings (SSSR count). The molecule has 17 heavy (non-hydrogen) atoms. The molecule has 0 aromatic carbocycles. The quantitative estimate of drug-likeness (QED) is 0.576. The Morgan fingerprint density at radius 1 is 1.65 bits per heavy atom. The van der Waals surface area contributed by atoms with E-state index in [0.29, 0.717) is 0 Å². The predicted octanol–water partition coefficient (Wildman–Crippen LogP) is 1.18. The van der Waals surface area contributed by atoms with Gasteiger partial charge >= 0.3 is 0 Å². The molecular weight excluding hydrogens is 256 g/mol. The molecular formula is C10H18N4OS2. The van der Waals surface area contributed by atoms with Gasteiger partial charge in [-0.05, 0) is 45.3 Å². The van der Waals surface area contributed by atoms with Gasteiger partial charge in [0.05, 0.1) is 5.54 Å². The van der Waals surface area contributed by atoms with Crippen molar-refractivity contribution >= 4 is 29.2 Å². The molecule has 0 saturated carbocycles. The van der Waals surface area contributed by atoms with Crippen molar-refractivity contribution in [3.05, 3.63) is 5.82 Å². The lowest BCUT2D eigenvalue weighted by Crippen LogP contribution is -2.51. The van der Waals surface area contributed by atoms with E-state index in [0.717, 1.165) is 28.8 Å². The second kappa shape index (κ2) is 6.32. The summed E-state index contributed by atoms with van der Waals surface area (Å²) in [6.07, 6.45) is 1.63. The van der Waals surface area contributed by atoms with Crippen LogP contribution in [0.3, 0.4) is 0 Å². The molecule has 7 heteroatoms. The lowest BCUT2D eigenvalue weighted by Gasteiger charge is -2.25. The van der Waals surface area contributed by atoms with Crippen molar-refractivity contribution in [2.24, 2.45) is 5.73 Å². The first kappa shape index (κ1) is 14.4. The van der Waals surface area contributed by atoms with E-state index < -0.39 is 5.54 Å². The van der Waals surface area contributed by atoms with E-state index in [-0.39, 0.29) is 5.91 Å². The fourth-order valence-electron chi connectivity index (χ4n) is 1.29. The largest absolute Gasteiger partial charge is 0.368 e. The van der Waals surface area contributed by atoms with Gasteiger partial charge < -0.3 is 11.1 Å². The number of hydrogen-bond donors (Lipinski definition) is 2. The standard InChI is InChI=1S/C10H18N4OS2/c1-7-13-9(17-14-7)16-6-4-5-10(2,12-3)8(11)15/h12H,4-6H2,1-3H3,(H2,11,15). The average molecular weight is 274 g/mol. The summed E-state index contributed by atoms with van der Waals surface area (Å²) in [6, 6.07) is 0. The maximum atomic E-state index is 11.3. The summed E-state index contributed by atoms with van der Waals surface area (Å²) in [5.74, 6) is 1.42. The Hall–Kier alpha value is -0.660. The number of primary amides is 1. The van der Waals surface area contributed by atoms with Crippen LogP contribution in [0, 0.1) is 6.92 Å². The average Bonchev–Trinajstić information content (AvgIpc) is 2.70. The Kier molecular flexibility index (Phi) is 5.35. The molecule has 0 aliphatic heterocycles. The summed E-state index contributed by atoms with van der Waals surface area (Å²) in [6.45, 7) is 3.71. The highest BCUT2D eigenvalue weighted by atomic mass is 32.2. The van der Waals surface area contributed by atoms with Gasteiger partial charge in [0.25, 0.3) is 0 Å². The lowest BCUT2D eigenvalue weighted by atomic mass is 9.96. The Bertz CT molecular complexity index is 382. The van der Waals surface area contributed by atoms with Gasteiger partial charge in [-0.1, -0.05) is 11.8 Å². The van der Waals surface area contributed by atoms with Crippen molar-refractivity contribution in [1.29, 1.82) is 0 Å². The van der Waals surface area contributed by atoms with E-state index in [4.69, 9.17) is 5.73 Å². The minimum Gasteiger partial charge on any atom is -0.368 e. The number of nitrogens with one attached hydrogen (secondary N) is 1. The third-order valence-corrected chi connectivity index (χ3v) is 4.66. The summed E-state index contributed by atoms with van der Waals surface area (Å²) < 4.78 is 5.09. The summed E-state index contributed by atoms with van der Waals surface area (Å²) in [7, 11) is 1.76. The van der Waals surface area contributed by atoms with Crippen molar-refractivity contribution < 1.29 is 4.79 Å².